The van der Waals surface area contributed by atoms with Crippen molar-refractivity contribution in [1.29, 1.82) is 0 Å². The summed E-state index contributed by atoms with van der Waals surface area (Å²) >= 11 is 0. The van der Waals surface area contributed by atoms with E-state index in [1.54, 1.807) is 0 Å². The fourth-order valence-corrected chi connectivity index (χ4v) is 2.65. The maximum atomic E-state index is 5.66. The second kappa shape index (κ2) is 5.65. The van der Waals surface area contributed by atoms with Crippen molar-refractivity contribution < 1.29 is 9.47 Å². The third-order valence-electron chi connectivity index (χ3n) is 3.59. The van der Waals surface area contributed by atoms with Crippen molar-refractivity contribution in [1.82, 2.24) is 10.2 Å². The molecular weight excluding hydrogens is 216 g/mol. The summed E-state index contributed by atoms with van der Waals surface area (Å²) in [6, 6.07) is 1.33. The summed E-state index contributed by atoms with van der Waals surface area (Å²) in [6.07, 6.45) is 3.96. The van der Waals surface area contributed by atoms with Crippen LogP contribution in [0.5, 0.6) is 0 Å². The van der Waals surface area contributed by atoms with Crippen LogP contribution in [0, 0.1) is 0 Å². The fraction of sp³-hybridized carbons (Fsp3) is 1.00. The summed E-state index contributed by atoms with van der Waals surface area (Å²) in [5.41, 5.74) is -0.112. The first-order chi connectivity index (χ1) is 8.06. The predicted molar refractivity (Wildman–Crippen MR) is 67.8 cm³/mol. The van der Waals surface area contributed by atoms with E-state index >= 15 is 0 Å². The average molecular weight is 242 g/mol. The highest BCUT2D eigenvalue weighted by Crippen LogP contribution is 2.24. The number of ether oxygens (including phenoxy) is 2. The Morgan fingerprint density at radius 3 is 2.41 bits per heavy atom. The number of nitrogens with zero attached hydrogens (tertiary/aromatic N) is 1. The van der Waals surface area contributed by atoms with E-state index in [0.717, 1.165) is 13.1 Å². The molecule has 0 radical (unpaired) electrons. The summed E-state index contributed by atoms with van der Waals surface area (Å²) in [7, 11) is 0. The van der Waals surface area contributed by atoms with Gasteiger partial charge in [0.2, 0.25) is 0 Å². The molecule has 0 aliphatic carbocycles. The number of piperazine rings is 1. The first-order valence-electron chi connectivity index (χ1n) is 6.74. The molecule has 2 heterocycles. The number of fused-ring (bicyclic) bond motifs is 2. The Balaban J connectivity index is 1.71. The molecule has 2 saturated heterocycles. The molecule has 0 spiro atoms. The van der Waals surface area contributed by atoms with E-state index in [1.807, 2.05) is 0 Å². The van der Waals surface area contributed by atoms with Crippen LogP contribution in [-0.2, 0) is 9.47 Å². The molecule has 100 valence electrons. The second-order valence-electron chi connectivity index (χ2n) is 6.12. The molecule has 2 bridgehead atoms. The first kappa shape index (κ1) is 13.3. The Hall–Kier alpha value is -0.160. The van der Waals surface area contributed by atoms with E-state index in [0.29, 0.717) is 25.6 Å². The van der Waals surface area contributed by atoms with Crippen molar-refractivity contribution in [3.8, 4) is 0 Å². The molecule has 0 amide bonds. The van der Waals surface area contributed by atoms with Crippen molar-refractivity contribution in [2.75, 3.05) is 26.6 Å². The van der Waals surface area contributed by atoms with Crippen LogP contribution in [0.4, 0.5) is 0 Å². The van der Waals surface area contributed by atoms with Crippen LogP contribution in [0.2, 0.25) is 0 Å². The molecular formula is C13H26N2O2. The Labute approximate surface area is 105 Å². The van der Waals surface area contributed by atoms with Gasteiger partial charge in [0.15, 0.2) is 0 Å². The fourth-order valence-electron chi connectivity index (χ4n) is 2.65. The van der Waals surface area contributed by atoms with E-state index in [-0.39, 0.29) is 5.60 Å². The molecule has 2 unspecified atom stereocenters. The molecule has 0 aromatic rings. The topological polar surface area (TPSA) is 33.7 Å². The van der Waals surface area contributed by atoms with E-state index in [2.05, 4.69) is 31.0 Å². The Morgan fingerprint density at radius 1 is 1.18 bits per heavy atom. The molecule has 4 heteroatoms. The molecule has 0 aromatic heterocycles. The number of nitrogens with one attached hydrogen (secondary N) is 1. The second-order valence-corrected chi connectivity index (χ2v) is 6.12. The maximum absolute atomic E-state index is 5.66. The zero-order valence-electron chi connectivity index (χ0n) is 11.4. The van der Waals surface area contributed by atoms with Gasteiger partial charge >= 0.3 is 0 Å². The Bertz CT molecular complexity index is 218. The van der Waals surface area contributed by atoms with Gasteiger partial charge in [-0.2, -0.15) is 0 Å². The van der Waals surface area contributed by atoms with Gasteiger partial charge in [0.05, 0.1) is 5.60 Å². The van der Waals surface area contributed by atoms with Gasteiger partial charge in [-0.25, -0.2) is 0 Å². The predicted octanol–water partition coefficient (Wildman–Crippen LogP) is 1.56. The van der Waals surface area contributed by atoms with Crippen LogP contribution in [0.25, 0.3) is 0 Å². The van der Waals surface area contributed by atoms with Crippen molar-refractivity contribution in [3.05, 3.63) is 0 Å². The third-order valence-corrected chi connectivity index (χ3v) is 3.59. The van der Waals surface area contributed by atoms with Gasteiger partial charge in [0.1, 0.15) is 13.5 Å². The van der Waals surface area contributed by atoms with E-state index in [1.165, 1.54) is 19.3 Å². The largest absolute Gasteiger partial charge is 0.350 e. The highest BCUT2D eigenvalue weighted by molar-refractivity contribution is 4.90. The van der Waals surface area contributed by atoms with Crippen molar-refractivity contribution in [2.24, 2.45) is 0 Å². The SMILES string of the molecule is CC(C)(C)OCOCN1C2CCCC1CNC2. The molecule has 0 saturated carbocycles. The van der Waals surface area contributed by atoms with E-state index < -0.39 is 0 Å². The van der Waals surface area contributed by atoms with Crippen molar-refractivity contribution in [2.45, 2.75) is 57.7 Å². The summed E-state index contributed by atoms with van der Waals surface area (Å²) in [4.78, 5) is 2.51. The lowest BCUT2D eigenvalue weighted by molar-refractivity contribution is -0.157. The minimum absolute atomic E-state index is 0.112. The minimum Gasteiger partial charge on any atom is -0.350 e. The monoisotopic (exact) mass is 242 g/mol. The maximum Gasteiger partial charge on any atom is 0.149 e. The van der Waals surface area contributed by atoms with Crippen molar-refractivity contribution >= 4 is 0 Å². The summed E-state index contributed by atoms with van der Waals surface area (Å²) in [5, 5.41) is 3.50. The molecule has 0 aromatic carbocycles. The zero-order chi connectivity index (χ0) is 12.3. The van der Waals surface area contributed by atoms with Crippen molar-refractivity contribution in [3.63, 3.8) is 0 Å². The van der Waals surface area contributed by atoms with Gasteiger partial charge in [0, 0.05) is 25.2 Å². The minimum atomic E-state index is -0.112. The molecule has 4 nitrogen and oxygen atoms in total. The lowest BCUT2D eigenvalue weighted by Gasteiger charge is -2.46. The summed E-state index contributed by atoms with van der Waals surface area (Å²) in [5.74, 6) is 0. The smallest absolute Gasteiger partial charge is 0.149 e. The molecule has 2 fully saturated rings. The third kappa shape index (κ3) is 3.91. The molecule has 2 rings (SSSR count). The standard InChI is InChI=1S/C13H26N2O2/c1-13(2,3)17-10-16-9-15-11-5-4-6-12(15)8-14-7-11/h11-12,14H,4-10H2,1-3H3. The van der Waals surface area contributed by atoms with Crippen LogP contribution in [0.15, 0.2) is 0 Å². The quantitative estimate of drug-likeness (QED) is 0.599. The number of rotatable bonds is 4. The van der Waals surface area contributed by atoms with Gasteiger partial charge in [0.25, 0.3) is 0 Å². The zero-order valence-corrected chi connectivity index (χ0v) is 11.4. The van der Waals surface area contributed by atoms with Crippen LogP contribution < -0.4 is 5.32 Å². The molecule has 1 N–H and O–H groups in total. The molecule has 2 aliphatic heterocycles. The highest BCUT2D eigenvalue weighted by Gasteiger charge is 2.33. The molecule has 2 atom stereocenters. The van der Waals surface area contributed by atoms with Gasteiger partial charge in [-0.05, 0) is 33.6 Å². The van der Waals surface area contributed by atoms with Crippen LogP contribution in [0.1, 0.15) is 40.0 Å². The first-order valence-corrected chi connectivity index (χ1v) is 6.74. The Morgan fingerprint density at radius 2 is 1.82 bits per heavy atom. The van der Waals surface area contributed by atoms with Crippen LogP contribution in [0.3, 0.4) is 0 Å². The number of piperidine rings is 1. The lowest BCUT2D eigenvalue weighted by Crippen LogP contribution is -2.60. The van der Waals surface area contributed by atoms with Crippen LogP contribution >= 0.6 is 0 Å². The number of hydrogen-bond donors (Lipinski definition) is 1. The van der Waals surface area contributed by atoms with E-state index in [4.69, 9.17) is 9.47 Å². The van der Waals surface area contributed by atoms with Gasteiger partial charge in [-0.3, -0.25) is 4.90 Å². The van der Waals surface area contributed by atoms with Crippen LogP contribution in [-0.4, -0.2) is 49.2 Å². The number of hydrogen-bond acceptors (Lipinski definition) is 4. The normalized spacial score (nSPS) is 30.5. The average Bonchev–Trinajstić information content (AvgIpc) is 2.22. The van der Waals surface area contributed by atoms with E-state index in [9.17, 15) is 0 Å². The molecule has 2 aliphatic rings. The van der Waals surface area contributed by atoms with Gasteiger partial charge in [-0.15, -0.1) is 0 Å². The Kier molecular flexibility index (Phi) is 4.42. The van der Waals surface area contributed by atoms with Gasteiger partial charge in [-0.1, -0.05) is 6.42 Å². The summed E-state index contributed by atoms with van der Waals surface area (Å²) in [6.45, 7) is 9.49. The van der Waals surface area contributed by atoms with Gasteiger partial charge < -0.3 is 14.8 Å². The lowest BCUT2D eigenvalue weighted by atomic mass is 9.93. The highest BCUT2D eigenvalue weighted by atomic mass is 16.7. The molecule has 17 heavy (non-hydrogen) atoms. The summed E-state index contributed by atoms with van der Waals surface area (Å²) < 4.78 is 11.2.